The highest BCUT2D eigenvalue weighted by Crippen LogP contribution is 2.40. The van der Waals surface area contributed by atoms with E-state index in [9.17, 15) is 9.59 Å². The van der Waals surface area contributed by atoms with Crippen molar-refractivity contribution < 1.29 is 9.59 Å². The van der Waals surface area contributed by atoms with Gasteiger partial charge in [0.05, 0.1) is 0 Å². The molecule has 6 aromatic rings. The van der Waals surface area contributed by atoms with Crippen LogP contribution >= 0.6 is 0 Å². The first kappa shape index (κ1) is 28.2. The van der Waals surface area contributed by atoms with E-state index in [0.29, 0.717) is 17.7 Å². The number of carbonyl (C=O) groups is 2. The lowest BCUT2D eigenvalue weighted by atomic mass is 9.85. The van der Waals surface area contributed by atoms with Crippen molar-refractivity contribution in [3.8, 4) is 11.1 Å². The van der Waals surface area contributed by atoms with Crippen LogP contribution < -0.4 is 0 Å². The summed E-state index contributed by atoms with van der Waals surface area (Å²) in [7, 11) is 0. The summed E-state index contributed by atoms with van der Waals surface area (Å²) in [6, 6.07) is 50.0. The van der Waals surface area contributed by atoms with Gasteiger partial charge >= 0.3 is 0 Å². The summed E-state index contributed by atoms with van der Waals surface area (Å²) in [6.07, 6.45) is 1.71. The van der Waals surface area contributed by atoms with Crippen LogP contribution in [0.3, 0.4) is 0 Å². The van der Waals surface area contributed by atoms with Crippen LogP contribution in [-0.2, 0) is 0 Å². The predicted octanol–water partition coefficient (Wildman–Crippen LogP) is 9.91. The third-order valence-corrected chi connectivity index (χ3v) is 8.65. The SMILES string of the molecule is CCCCN1C(=O)c2cccc3c(-c4ccc(C(=C(c5ccccc5)c5ccccc5)c5ccccc5)cc4)ccc(c23)C1=O. The van der Waals surface area contributed by atoms with Gasteiger partial charge in [-0.25, -0.2) is 0 Å². The highest BCUT2D eigenvalue weighted by Gasteiger charge is 2.33. The van der Waals surface area contributed by atoms with Gasteiger partial charge in [0.25, 0.3) is 11.8 Å². The molecule has 0 spiro atoms. The van der Waals surface area contributed by atoms with Gasteiger partial charge in [-0.2, -0.15) is 0 Å². The second kappa shape index (κ2) is 12.2. The molecule has 1 aliphatic heterocycles. The van der Waals surface area contributed by atoms with E-state index < -0.39 is 0 Å². The van der Waals surface area contributed by atoms with E-state index in [-0.39, 0.29) is 11.8 Å². The molecule has 0 aromatic heterocycles. The number of benzene rings is 6. The monoisotopic (exact) mass is 583 g/mol. The van der Waals surface area contributed by atoms with Crippen LogP contribution in [0.1, 0.15) is 62.7 Å². The first-order chi connectivity index (χ1) is 22.2. The van der Waals surface area contributed by atoms with E-state index >= 15 is 0 Å². The Bertz CT molecular complexity index is 1980. The second-order valence-electron chi connectivity index (χ2n) is 11.4. The molecule has 0 fully saturated rings. The molecule has 0 aliphatic carbocycles. The van der Waals surface area contributed by atoms with Crippen LogP contribution in [0.25, 0.3) is 33.0 Å². The van der Waals surface area contributed by atoms with Crippen molar-refractivity contribution in [1.29, 1.82) is 0 Å². The fraction of sp³-hybridized carbons (Fsp3) is 0.0952. The molecule has 45 heavy (non-hydrogen) atoms. The van der Waals surface area contributed by atoms with Crippen LogP contribution in [0, 0.1) is 0 Å². The highest BCUT2D eigenvalue weighted by molar-refractivity contribution is 6.27. The molecule has 0 saturated carbocycles. The first-order valence-electron chi connectivity index (χ1n) is 15.6. The number of unbranched alkanes of at least 4 members (excludes halogenated alkanes) is 1. The Balaban J connectivity index is 1.38. The lowest BCUT2D eigenvalue weighted by Gasteiger charge is -2.27. The molecule has 0 saturated heterocycles. The Hall–Kier alpha value is -5.54. The minimum Gasteiger partial charge on any atom is -0.274 e. The van der Waals surface area contributed by atoms with Crippen molar-refractivity contribution in [2.75, 3.05) is 6.54 Å². The summed E-state index contributed by atoms with van der Waals surface area (Å²) in [5.74, 6) is -0.405. The predicted molar refractivity (Wildman–Crippen MR) is 184 cm³/mol. The number of nitrogens with zero attached hydrogens (tertiary/aromatic N) is 1. The molecule has 0 radical (unpaired) electrons. The summed E-state index contributed by atoms with van der Waals surface area (Å²) in [5, 5.41) is 1.67. The van der Waals surface area contributed by atoms with Gasteiger partial charge in [0.2, 0.25) is 0 Å². The molecule has 0 atom stereocenters. The maximum Gasteiger partial charge on any atom is 0.261 e. The molecule has 0 N–H and O–H groups in total. The number of amides is 2. The summed E-state index contributed by atoms with van der Waals surface area (Å²) in [5.41, 5.74) is 10.1. The summed E-state index contributed by atoms with van der Waals surface area (Å²) in [6.45, 7) is 2.51. The maximum atomic E-state index is 13.4. The van der Waals surface area contributed by atoms with E-state index in [1.807, 2.05) is 48.5 Å². The molecular formula is C42H33NO2. The largest absolute Gasteiger partial charge is 0.274 e. The van der Waals surface area contributed by atoms with Gasteiger partial charge in [0.15, 0.2) is 0 Å². The van der Waals surface area contributed by atoms with Crippen LogP contribution in [0.4, 0.5) is 0 Å². The third kappa shape index (κ3) is 5.17. The zero-order valence-corrected chi connectivity index (χ0v) is 25.2. The molecule has 1 heterocycles. The average molecular weight is 584 g/mol. The normalized spacial score (nSPS) is 12.4. The van der Waals surface area contributed by atoms with Crippen LogP contribution in [0.2, 0.25) is 0 Å². The number of carbonyl (C=O) groups excluding carboxylic acids is 2. The Labute approximate surface area is 264 Å². The second-order valence-corrected chi connectivity index (χ2v) is 11.4. The Morgan fingerprint density at radius 3 is 1.47 bits per heavy atom. The smallest absolute Gasteiger partial charge is 0.261 e. The van der Waals surface area contributed by atoms with Crippen molar-refractivity contribution in [3.05, 3.63) is 179 Å². The minimum atomic E-state index is -0.203. The zero-order valence-electron chi connectivity index (χ0n) is 25.2. The van der Waals surface area contributed by atoms with E-state index in [2.05, 4.69) is 104 Å². The Kier molecular flexibility index (Phi) is 7.67. The molecule has 1 aliphatic rings. The first-order valence-corrected chi connectivity index (χ1v) is 15.6. The van der Waals surface area contributed by atoms with Gasteiger partial charge in [-0.3, -0.25) is 14.5 Å². The van der Waals surface area contributed by atoms with Crippen molar-refractivity contribution >= 4 is 33.7 Å². The number of hydrogen-bond acceptors (Lipinski definition) is 2. The quantitative estimate of drug-likeness (QED) is 0.132. The fourth-order valence-electron chi connectivity index (χ4n) is 6.46. The van der Waals surface area contributed by atoms with Crippen molar-refractivity contribution in [2.24, 2.45) is 0 Å². The van der Waals surface area contributed by atoms with E-state index in [1.54, 1.807) is 0 Å². The van der Waals surface area contributed by atoms with Gasteiger partial charge in [-0.15, -0.1) is 0 Å². The van der Waals surface area contributed by atoms with Gasteiger partial charge in [0.1, 0.15) is 0 Å². The van der Waals surface area contributed by atoms with Crippen molar-refractivity contribution in [2.45, 2.75) is 19.8 Å². The Morgan fingerprint density at radius 2 is 0.956 bits per heavy atom. The van der Waals surface area contributed by atoms with Gasteiger partial charge < -0.3 is 0 Å². The molecule has 2 amide bonds. The van der Waals surface area contributed by atoms with Gasteiger partial charge in [-0.05, 0) is 68.5 Å². The van der Waals surface area contributed by atoms with Crippen LogP contribution in [0.15, 0.2) is 146 Å². The van der Waals surface area contributed by atoms with E-state index in [4.69, 9.17) is 0 Å². The van der Waals surface area contributed by atoms with Gasteiger partial charge in [-0.1, -0.05) is 147 Å². The standard InChI is InChI=1S/C42H33NO2/c1-2-3-28-43-41(44)36-21-13-20-35-34(26-27-37(40(35)36)42(43)45)29-22-24-33(25-23-29)39(32-18-11-6-12-19-32)38(30-14-7-4-8-15-30)31-16-9-5-10-17-31/h4-27H,2-3,28H2,1H3. The lowest BCUT2D eigenvalue weighted by molar-refractivity contribution is 0.0608. The Morgan fingerprint density at radius 1 is 0.489 bits per heavy atom. The molecular weight excluding hydrogens is 550 g/mol. The molecule has 218 valence electrons. The number of hydrogen-bond donors (Lipinski definition) is 0. The molecule has 6 aromatic carbocycles. The van der Waals surface area contributed by atoms with Crippen LogP contribution in [0.5, 0.6) is 0 Å². The van der Waals surface area contributed by atoms with E-state index in [0.717, 1.165) is 62.6 Å². The fourth-order valence-corrected chi connectivity index (χ4v) is 6.46. The minimum absolute atomic E-state index is 0.203. The zero-order chi connectivity index (χ0) is 30.8. The number of rotatable bonds is 8. The number of imide groups is 1. The third-order valence-electron chi connectivity index (χ3n) is 8.65. The molecule has 3 heteroatoms. The molecule has 0 unspecified atom stereocenters. The average Bonchev–Trinajstić information content (AvgIpc) is 3.10. The van der Waals surface area contributed by atoms with Crippen LogP contribution in [-0.4, -0.2) is 23.3 Å². The maximum absolute atomic E-state index is 13.4. The van der Waals surface area contributed by atoms with Gasteiger partial charge in [0, 0.05) is 23.1 Å². The molecule has 7 rings (SSSR count). The van der Waals surface area contributed by atoms with E-state index in [1.165, 1.54) is 10.5 Å². The molecule has 0 bridgehead atoms. The molecule has 3 nitrogen and oxygen atoms in total. The summed E-state index contributed by atoms with van der Waals surface area (Å²) < 4.78 is 0. The lowest BCUT2D eigenvalue weighted by Crippen LogP contribution is -2.40. The summed E-state index contributed by atoms with van der Waals surface area (Å²) in [4.78, 5) is 28.2. The van der Waals surface area contributed by atoms with Crippen molar-refractivity contribution in [1.82, 2.24) is 4.90 Å². The van der Waals surface area contributed by atoms with Crippen molar-refractivity contribution in [3.63, 3.8) is 0 Å². The topological polar surface area (TPSA) is 37.4 Å². The summed E-state index contributed by atoms with van der Waals surface area (Å²) >= 11 is 0. The highest BCUT2D eigenvalue weighted by atomic mass is 16.2.